The number of hydrogen-bond donors (Lipinski definition) is 2. The molecule has 3 heterocycles. The molecule has 6 heteroatoms. The third-order valence-corrected chi connectivity index (χ3v) is 4.48. The van der Waals surface area contributed by atoms with Gasteiger partial charge in [-0.2, -0.15) is 0 Å². The van der Waals surface area contributed by atoms with E-state index >= 15 is 0 Å². The number of hydrogen-bond acceptors (Lipinski definition) is 3. The van der Waals surface area contributed by atoms with Crippen LogP contribution in [0.1, 0.15) is 23.2 Å². The summed E-state index contributed by atoms with van der Waals surface area (Å²) in [6.45, 7) is 2.05. The summed E-state index contributed by atoms with van der Waals surface area (Å²) in [5, 5.41) is 3.62. The number of fused-ring (bicyclic) bond motifs is 3. The fourth-order valence-corrected chi connectivity index (χ4v) is 3.31. The summed E-state index contributed by atoms with van der Waals surface area (Å²) in [4.78, 5) is 14.5. The minimum Gasteiger partial charge on any atom is -0.335 e. The van der Waals surface area contributed by atoms with Crippen LogP contribution < -0.4 is 11.1 Å². The topological polar surface area (TPSA) is 58.4 Å². The maximum Gasteiger partial charge on any atom is 0.252 e. The summed E-state index contributed by atoms with van der Waals surface area (Å²) >= 11 is 5.91. The largest absolute Gasteiger partial charge is 0.335 e. The van der Waals surface area contributed by atoms with Gasteiger partial charge in [0.05, 0.1) is 6.17 Å². The Bertz CT molecular complexity index is 487. The van der Waals surface area contributed by atoms with Gasteiger partial charge in [0.1, 0.15) is 0 Å². The van der Waals surface area contributed by atoms with Gasteiger partial charge in [0.2, 0.25) is 0 Å². The van der Waals surface area contributed by atoms with E-state index in [0.717, 1.165) is 25.9 Å². The second-order valence-electron chi connectivity index (χ2n) is 5.38. The smallest absolute Gasteiger partial charge is 0.252 e. The van der Waals surface area contributed by atoms with Gasteiger partial charge in [0.25, 0.3) is 5.91 Å². The molecule has 0 aliphatic carbocycles. The Morgan fingerprint density at radius 2 is 2.05 bits per heavy atom. The molecule has 3 aliphatic rings. The average Bonchev–Trinajstić information content (AvgIpc) is 2.43. The fraction of sp³-hybridized carbons (Fsp3) is 0.500. The molecule has 110 valence electrons. The van der Waals surface area contributed by atoms with Crippen molar-refractivity contribution in [1.29, 1.82) is 0 Å². The number of piperidine rings is 3. The molecule has 20 heavy (non-hydrogen) atoms. The minimum atomic E-state index is -0.101. The van der Waals surface area contributed by atoms with Crippen LogP contribution in [-0.2, 0) is 0 Å². The molecule has 1 aromatic carbocycles. The Hall–Kier alpha value is -0.810. The van der Waals surface area contributed by atoms with Crippen molar-refractivity contribution in [2.75, 3.05) is 13.1 Å². The van der Waals surface area contributed by atoms with Gasteiger partial charge in [0.15, 0.2) is 0 Å². The number of amides is 1. The third kappa shape index (κ3) is 2.93. The van der Waals surface area contributed by atoms with Crippen molar-refractivity contribution in [1.82, 2.24) is 10.2 Å². The van der Waals surface area contributed by atoms with Crippen molar-refractivity contribution < 1.29 is 4.79 Å². The maximum atomic E-state index is 12.2. The number of halogens is 2. The van der Waals surface area contributed by atoms with Crippen molar-refractivity contribution in [2.24, 2.45) is 11.7 Å². The molecular formula is C14H19Cl2N3O. The zero-order valence-corrected chi connectivity index (χ0v) is 12.7. The fourth-order valence-electron chi connectivity index (χ4n) is 3.12. The Morgan fingerprint density at radius 1 is 1.35 bits per heavy atom. The lowest BCUT2D eigenvalue weighted by Gasteiger charge is -2.49. The van der Waals surface area contributed by atoms with Gasteiger partial charge < -0.3 is 11.1 Å². The summed E-state index contributed by atoms with van der Waals surface area (Å²) in [6, 6.07) is 7.02. The Kier molecular flexibility index (Phi) is 4.91. The second kappa shape index (κ2) is 6.31. The van der Waals surface area contributed by atoms with Crippen LogP contribution in [0.15, 0.2) is 24.3 Å². The first-order chi connectivity index (χ1) is 9.15. The summed E-state index contributed by atoms with van der Waals surface area (Å²) in [5.41, 5.74) is 6.82. The number of carbonyl (C=O) groups excluding carboxylic acids is 1. The molecule has 3 aliphatic heterocycles. The highest BCUT2D eigenvalue weighted by molar-refractivity contribution is 6.30. The van der Waals surface area contributed by atoms with E-state index in [1.165, 1.54) is 0 Å². The predicted molar refractivity (Wildman–Crippen MR) is 82.2 cm³/mol. The molecule has 2 bridgehead atoms. The first-order valence-corrected chi connectivity index (χ1v) is 7.09. The number of nitrogens with zero attached hydrogens (tertiary/aromatic N) is 1. The lowest BCUT2D eigenvalue weighted by atomic mass is 9.82. The maximum absolute atomic E-state index is 12.2. The molecule has 1 amide bonds. The summed E-state index contributed by atoms with van der Waals surface area (Å²) in [6.07, 6.45) is 2.24. The van der Waals surface area contributed by atoms with Crippen molar-refractivity contribution in [3.63, 3.8) is 0 Å². The van der Waals surface area contributed by atoms with E-state index < -0.39 is 0 Å². The Balaban J connectivity index is 0.00000147. The van der Waals surface area contributed by atoms with E-state index in [9.17, 15) is 4.79 Å². The number of nitrogens with two attached hydrogens (primary N) is 1. The SMILES string of the molecule is Cl.NC1C2CCN(CC2)[C@@H]1NC(=O)c1cccc(Cl)c1. The van der Waals surface area contributed by atoms with Gasteiger partial charge in [-0.1, -0.05) is 17.7 Å². The highest BCUT2D eigenvalue weighted by Crippen LogP contribution is 2.30. The van der Waals surface area contributed by atoms with E-state index in [-0.39, 0.29) is 30.5 Å². The molecular weight excluding hydrogens is 297 g/mol. The van der Waals surface area contributed by atoms with Gasteiger partial charge >= 0.3 is 0 Å². The number of rotatable bonds is 2. The van der Waals surface area contributed by atoms with Crippen molar-refractivity contribution >= 4 is 29.9 Å². The van der Waals surface area contributed by atoms with Crippen LogP contribution in [0.25, 0.3) is 0 Å². The predicted octanol–water partition coefficient (Wildman–Crippen LogP) is 1.87. The molecule has 0 radical (unpaired) electrons. The second-order valence-corrected chi connectivity index (χ2v) is 5.82. The molecule has 3 N–H and O–H groups in total. The molecule has 0 aromatic heterocycles. The quantitative estimate of drug-likeness (QED) is 0.876. The van der Waals surface area contributed by atoms with Gasteiger partial charge in [0, 0.05) is 29.7 Å². The zero-order valence-electron chi connectivity index (χ0n) is 11.1. The van der Waals surface area contributed by atoms with Crippen LogP contribution in [0.2, 0.25) is 5.02 Å². The first-order valence-electron chi connectivity index (χ1n) is 6.71. The highest BCUT2D eigenvalue weighted by atomic mass is 35.5. The lowest BCUT2D eigenvalue weighted by Crippen LogP contribution is -2.67. The van der Waals surface area contributed by atoms with E-state index in [0.29, 0.717) is 16.5 Å². The van der Waals surface area contributed by atoms with Crippen LogP contribution in [0, 0.1) is 5.92 Å². The van der Waals surface area contributed by atoms with E-state index in [1.54, 1.807) is 24.3 Å². The van der Waals surface area contributed by atoms with E-state index in [4.69, 9.17) is 17.3 Å². The molecule has 4 rings (SSSR count). The summed E-state index contributed by atoms with van der Waals surface area (Å²) in [5.74, 6) is 0.435. The van der Waals surface area contributed by atoms with Gasteiger partial charge in [-0.3, -0.25) is 9.69 Å². The van der Waals surface area contributed by atoms with Crippen molar-refractivity contribution in [3.05, 3.63) is 34.9 Å². The van der Waals surface area contributed by atoms with Crippen LogP contribution in [0.3, 0.4) is 0 Å². The van der Waals surface area contributed by atoms with Gasteiger partial charge in [-0.25, -0.2) is 0 Å². The van der Waals surface area contributed by atoms with E-state index in [1.807, 2.05) is 0 Å². The molecule has 0 saturated carbocycles. The van der Waals surface area contributed by atoms with Crippen LogP contribution in [0.4, 0.5) is 0 Å². The Morgan fingerprint density at radius 3 is 2.65 bits per heavy atom. The average molecular weight is 316 g/mol. The highest BCUT2D eigenvalue weighted by Gasteiger charge is 2.40. The normalized spacial score (nSPS) is 31.5. The molecule has 0 spiro atoms. The monoisotopic (exact) mass is 315 g/mol. The minimum absolute atomic E-state index is 0. The molecule has 4 nitrogen and oxygen atoms in total. The van der Waals surface area contributed by atoms with Gasteiger partial charge in [-0.15, -0.1) is 12.4 Å². The molecule has 2 atom stereocenters. The third-order valence-electron chi connectivity index (χ3n) is 4.24. The van der Waals surface area contributed by atoms with Crippen molar-refractivity contribution in [2.45, 2.75) is 25.0 Å². The van der Waals surface area contributed by atoms with Gasteiger partial charge in [-0.05, 0) is 37.0 Å². The van der Waals surface area contributed by atoms with Crippen LogP contribution in [-0.4, -0.2) is 36.1 Å². The molecule has 1 aromatic rings. The zero-order chi connectivity index (χ0) is 13.4. The molecule has 1 unspecified atom stereocenters. The first kappa shape index (κ1) is 15.6. The number of carbonyl (C=O) groups is 1. The molecule has 3 fully saturated rings. The lowest BCUT2D eigenvalue weighted by molar-refractivity contribution is 0.0115. The number of benzene rings is 1. The summed E-state index contributed by atoms with van der Waals surface area (Å²) in [7, 11) is 0. The number of nitrogens with one attached hydrogen (secondary N) is 1. The standard InChI is InChI=1S/C14H18ClN3O.ClH/c15-11-3-1-2-10(8-11)14(19)17-13-12(16)9-4-6-18(13)7-5-9;/h1-3,8-9,12-13H,4-7,16H2,(H,17,19);1H/t12?,13-;/m0./s1. The summed E-state index contributed by atoms with van der Waals surface area (Å²) < 4.78 is 0. The van der Waals surface area contributed by atoms with Crippen molar-refractivity contribution in [3.8, 4) is 0 Å². The molecule has 3 saturated heterocycles. The van der Waals surface area contributed by atoms with Crippen LogP contribution in [0.5, 0.6) is 0 Å². The van der Waals surface area contributed by atoms with E-state index in [2.05, 4.69) is 10.2 Å². The Labute approximate surface area is 130 Å². The van der Waals surface area contributed by atoms with Crippen LogP contribution >= 0.6 is 24.0 Å².